The van der Waals surface area contributed by atoms with Crippen molar-refractivity contribution in [1.82, 2.24) is 4.98 Å². The maximum absolute atomic E-state index is 12.6. The van der Waals surface area contributed by atoms with Crippen molar-refractivity contribution >= 4 is 31.9 Å². The van der Waals surface area contributed by atoms with Crippen molar-refractivity contribution in [3.05, 3.63) is 21.9 Å². The van der Waals surface area contributed by atoms with E-state index in [0.29, 0.717) is 15.6 Å². The summed E-state index contributed by atoms with van der Waals surface area (Å²) in [6, 6.07) is 1.26. The Morgan fingerprint density at radius 2 is 2.21 bits per heavy atom. The Balaban J connectivity index is 3.31. The number of alkyl halides is 3. The molecule has 0 aliphatic heterocycles. The number of ether oxygens (including phenoxy) is 1. The molecule has 0 bridgehead atoms. The lowest BCUT2D eigenvalue weighted by Gasteiger charge is -2.11. The van der Waals surface area contributed by atoms with E-state index in [0.717, 1.165) is 0 Å². The molecule has 0 N–H and O–H groups in total. The van der Waals surface area contributed by atoms with Gasteiger partial charge in [-0.2, -0.15) is 0 Å². The largest absolute Gasteiger partial charge is 0.494 e. The minimum Gasteiger partial charge on any atom is -0.494 e. The minimum atomic E-state index is -2.57. The number of hydrogen-bond acceptors (Lipinski definition) is 2. The Kier molecular flexibility index (Phi) is 4.25. The summed E-state index contributed by atoms with van der Waals surface area (Å²) in [5.74, 6) is 0.139. The number of pyridine rings is 1. The molecule has 0 saturated heterocycles. The van der Waals surface area contributed by atoms with E-state index in [2.05, 4.69) is 36.8 Å². The van der Waals surface area contributed by atoms with Crippen LogP contribution in [0.15, 0.2) is 10.7 Å². The van der Waals surface area contributed by atoms with Crippen LogP contribution in [-0.4, -0.2) is 12.1 Å². The molecular formula is C8H7Br2F2NO. The van der Waals surface area contributed by atoms with Gasteiger partial charge in [0.15, 0.2) is 0 Å². The molecule has 1 aromatic rings. The van der Waals surface area contributed by atoms with Gasteiger partial charge in [-0.25, -0.2) is 13.8 Å². The van der Waals surface area contributed by atoms with Crippen molar-refractivity contribution in [3.63, 3.8) is 0 Å². The molecule has 0 aromatic carbocycles. The van der Waals surface area contributed by atoms with Gasteiger partial charge in [0.05, 0.1) is 18.4 Å². The van der Waals surface area contributed by atoms with E-state index in [4.69, 9.17) is 4.74 Å². The van der Waals surface area contributed by atoms with Crippen LogP contribution in [0.4, 0.5) is 8.78 Å². The highest BCUT2D eigenvalue weighted by atomic mass is 79.9. The van der Waals surface area contributed by atoms with Crippen molar-refractivity contribution in [3.8, 4) is 5.75 Å². The Bertz CT molecular complexity index is 333. The van der Waals surface area contributed by atoms with Crippen LogP contribution in [0.2, 0.25) is 0 Å². The van der Waals surface area contributed by atoms with E-state index in [1.165, 1.54) is 13.2 Å². The summed E-state index contributed by atoms with van der Waals surface area (Å²) in [6.45, 7) is 0. The summed E-state index contributed by atoms with van der Waals surface area (Å²) >= 11 is 6.22. The summed E-state index contributed by atoms with van der Waals surface area (Å²) in [6.07, 6.45) is -2.57. The Morgan fingerprint density at radius 1 is 1.57 bits per heavy atom. The van der Waals surface area contributed by atoms with Gasteiger partial charge in [-0.1, -0.05) is 15.9 Å². The highest BCUT2D eigenvalue weighted by Crippen LogP contribution is 2.33. The van der Waals surface area contributed by atoms with Gasteiger partial charge in [0, 0.05) is 5.33 Å². The number of rotatable bonds is 3. The summed E-state index contributed by atoms with van der Waals surface area (Å²) in [4.78, 5) is 4.02. The first-order valence-electron chi connectivity index (χ1n) is 3.67. The number of aromatic nitrogens is 1. The Labute approximate surface area is 96.9 Å². The van der Waals surface area contributed by atoms with E-state index in [1.54, 1.807) is 0 Å². The smallest absolute Gasteiger partial charge is 0.267 e. The molecular weight excluding hydrogens is 324 g/mol. The summed E-state index contributed by atoms with van der Waals surface area (Å²) in [5, 5.41) is 0.370. The van der Waals surface area contributed by atoms with Crippen LogP contribution in [0.3, 0.4) is 0 Å². The van der Waals surface area contributed by atoms with Crippen LogP contribution in [0.25, 0.3) is 0 Å². The average Bonchev–Trinajstić information content (AvgIpc) is 2.16. The molecule has 1 aromatic heterocycles. The predicted octanol–water partition coefficient (Wildman–Crippen LogP) is 3.69. The zero-order valence-corrected chi connectivity index (χ0v) is 10.4. The average molecular weight is 331 g/mol. The first-order chi connectivity index (χ1) is 6.60. The third kappa shape index (κ3) is 2.42. The van der Waals surface area contributed by atoms with Gasteiger partial charge in [0.2, 0.25) is 0 Å². The number of halogens is 4. The molecule has 78 valence electrons. The second-order valence-corrected chi connectivity index (χ2v) is 3.82. The topological polar surface area (TPSA) is 22.1 Å². The normalized spacial score (nSPS) is 10.7. The molecule has 0 amide bonds. The Hall–Kier alpha value is -0.230. The lowest BCUT2D eigenvalue weighted by Crippen LogP contribution is -2.00. The molecule has 0 unspecified atom stereocenters. The predicted molar refractivity (Wildman–Crippen MR) is 56.1 cm³/mol. The Morgan fingerprint density at radius 3 is 2.64 bits per heavy atom. The van der Waals surface area contributed by atoms with Gasteiger partial charge >= 0.3 is 0 Å². The molecule has 6 heteroatoms. The zero-order chi connectivity index (χ0) is 10.7. The molecule has 2 nitrogen and oxygen atoms in total. The molecule has 1 heterocycles. The van der Waals surface area contributed by atoms with Crippen LogP contribution in [-0.2, 0) is 5.33 Å². The molecule has 0 aliphatic rings. The molecule has 0 fully saturated rings. The molecule has 0 radical (unpaired) electrons. The van der Waals surface area contributed by atoms with E-state index in [-0.39, 0.29) is 11.3 Å². The third-order valence-corrected chi connectivity index (χ3v) is 2.54. The SMILES string of the molecule is COc1c(C(F)F)cc(Br)nc1CBr. The molecule has 0 aliphatic carbocycles. The summed E-state index contributed by atoms with van der Waals surface area (Å²) in [5.41, 5.74) is 0.306. The minimum absolute atomic E-state index is 0.139. The lowest BCUT2D eigenvalue weighted by atomic mass is 10.2. The number of methoxy groups -OCH3 is 1. The van der Waals surface area contributed by atoms with Crippen LogP contribution in [0.1, 0.15) is 17.7 Å². The van der Waals surface area contributed by atoms with Crippen molar-refractivity contribution in [2.45, 2.75) is 11.8 Å². The maximum Gasteiger partial charge on any atom is 0.267 e. The van der Waals surface area contributed by atoms with Gasteiger partial charge in [-0.3, -0.25) is 0 Å². The molecule has 14 heavy (non-hydrogen) atoms. The van der Waals surface area contributed by atoms with Gasteiger partial charge in [0.25, 0.3) is 6.43 Å². The fourth-order valence-corrected chi connectivity index (χ4v) is 1.90. The first kappa shape index (κ1) is 11.8. The molecule has 1 rings (SSSR count). The lowest BCUT2D eigenvalue weighted by molar-refractivity contribution is 0.146. The van der Waals surface area contributed by atoms with E-state index >= 15 is 0 Å². The second-order valence-electron chi connectivity index (χ2n) is 2.45. The fraction of sp³-hybridized carbons (Fsp3) is 0.375. The first-order valence-corrected chi connectivity index (χ1v) is 5.59. The van der Waals surface area contributed by atoms with E-state index < -0.39 is 6.43 Å². The third-order valence-electron chi connectivity index (χ3n) is 1.61. The van der Waals surface area contributed by atoms with Crippen molar-refractivity contribution in [1.29, 1.82) is 0 Å². The maximum atomic E-state index is 12.6. The molecule has 0 saturated carbocycles. The van der Waals surface area contributed by atoms with Crippen LogP contribution in [0.5, 0.6) is 5.75 Å². The van der Waals surface area contributed by atoms with Crippen LogP contribution < -0.4 is 4.74 Å². The van der Waals surface area contributed by atoms with E-state index in [9.17, 15) is 8.78 Å². The fourth-order valence-electron chi connectivity index (χ4n) is 1.06. The number of hydrogen-bond donors (Lipinski definition) is 0. The van der Waals surface area contributed by atoms with Crippen LogP contribution >= 0.6 is 31.9 Å². The summed E-state index contributed by atoms with van der Waals surface area (Å²) < 4.78 is 30.4. The highest BCUT2D eigenvalue weighted by molar-refractivity contribution is 9.10. The molecule has 0 spiro atoms. The summed E-state index contributed by atoms with van der Waals surface area (Å²) in [7, 11) is 1.35. The second kappa shape index (κ2) is 5.02. The van der Waals surface area contributed by atoms with Crippen molar-refractivity contribution in [2.24, 2.45) is 0 Å². The van der Waals surface area contributed by atoms with Gasteiger partial charge < -0.3 is 4.74 Å². The van der Waals surface area contributed by atoms with Crippen LogP contribution in [0, 0.1) is 0 Å². The van der Waals surface area contributed by atoms with Gasteiger partial charge in [-0.05, 0) is 22.0 Å². The van der Waals surface area contributed by atoms with E-state index in [1.807, 2.05) is 0 Å². The number of nitrogens with zero attached hydrogens (tertiary/aromatic N) is 1. The monoisotopic (exact) mass is 329 g/mol. The molecule has 0 atom stereocenters. The zero-order valence-electron chi connectivity index (χ0n) is 7.23. The highest BCUT2D eigenvalue weighted by Gasteiger charge is 2.18. The quantitative estimate of drug-likeness (QED) is 0.623. The van der Waals surface area contributed by atoms with Gasteiger partial charge in [0.1, 0.15) is 10.4 Å². The van der Waals surface area contributed by atoms with Gasteiger partial charge in [-0.15, -0.1) is 0 Å². The van der Waals surface area contributed by atoms with Crippen molar-refractivity contribution < 1.29 is 13.5 Å². The standard InChI is InChI=1S/C8H7Br2F2NO/c1-14-7-4(8(11)12)2-6(10)13-5(7)3-9/h2,8H,3H2,1H3. The van der Waals surface area contributed by atoms with Crippen molar-refractivity contribution in [2.75, 3.05) is 7.11 Å².